The molecule has 128 valence electrons. The Labute approximate surface area is 142 Å². The standard InChI is InChI=1S/C19H25N3O2/c1-13-10-14(2)18-16(11-13)12-15(19(24)20-18)4-5-17(23)22-8-6-21(3)7-9-22/h10-12H,4-9H2,1-3H3,(H,20,24). The van der Waals surface area contributed by atoms with Crippen LogP contribution in [0.25, 0.3) is 10.9 Å². The molecule has 24 heavy (non-hydrogen) atoms. The number of pyridine rings is 1. The van der Waals surface area contributed by atoms with Crippen LogP contribution in [-0.2, 0) is 11.2 Å². The molecule has 0 bridgehead atoms. The monoisotopic (exact) mass is 327 g/mol. The van der Waals surface area contributed by atoms with Crippen molar-refractivity contribution in [2.75, 3.05) is 33.2 Å². The third kappa shape index (κ3) is 3.51. The van der Waals surface area contributed by atoms with E-state index in [0.29, 0.717) is 18.4 Å². The smallest absolute Gasteiger partial charge is 0.251 e. The van der Waals surface area contributed by atoms with Crippen molar-refractivity contribution in [3.05, 3.63) is 45.2 Å². The van der Waals surface area contributed by atoms with Crippen LogP contribution in [0.5, 0.6) is 0 Å². The highest BCUT2D eigenvalue weighted by atomic mass is 16.2. The first-order valence-electron chi connectivity index (χ1n) is 8.53. The minimum absolute atomic E-state index is 0.0827. The number of amides is 1. The molecule has 1 N–H and O–H groups in total. The molecule has 1 fully saturated rings. The number of hydrogen-bond acceptors (Lipinski definition) is 3. The first kappa shape index (κ1) is 16.7. The van der Waals surface area contributed by atoms with Crippen LogP contribution in [0.3, 0.4) is 0 Å². The van der Waals surface area contributed by atoms with Crippen LogP contribution in [0.1, 0.15) is 23.1 Å². The second kappa shape index (κ2) is 6.77. The summed E-state index contributed by atoms with van der Waals surface area (Å²) in [4.78, 5) is 31.8. The van der Waals surface area contributed by atoms with E-state index in [-0.39, 0.29) is 11.5 Å². The van der Waals surface area contributed by atoms with Crippen LogP contribution in [0.4, 0.5) is 0 Å². The molecule has 5 nitrogen and oxygen atoms in total. The third-order valence-corrected chi connectivity index (χ3v) is 4.83. The zero-order chi connectivity index (χ0) is 17.3. The fourth-order valence-electron chi connectivity index (χ4n) is 3.37. The molecular weight excluding hydrogens is 302 g/mol. The summed E-state index contributed by atoms with van der Waals surface area (Å²) in [6.45, 7) is 7.45. The van der Waals surface area contributed by atoms with Gasteiger partial charge in [0.1, 0.15) is 0 Å². The van der Waals surface area contributed by atoms with Gasteiger partial charge in [-0.2, -0.15) is 0 Å². The van der Waals surface area contributed by atoms with Crippen LogP contribution in [0.2, 0.25) is 0 Å². The van der Waals surface area contributed by atoms with E-state index in [9.17, 15) is 9.59 Å². The zero-order valence-corrected chi connectivity index (χ0v) is 14.7. The Morgan fingerprint density at radius 1 is 1.12 bits per heavy atom. The molecule has 2 aromatic rings. The van der Waals surface area contributed by atoms with Crippen LogP contribution in [-0.4, -0.2) is 53.9 Å². The predicted molar refractivity (Wildman–Crippen MR) is 96.4 cm³/mol. The minimum atomic E-state index is -0.0827. The maximum atomic E-state index is 12.4. The number of rotatable bonds is 3. The van der Waals surface area contributed by atoms with Gasteiger partial charge in [-0.25, -0.2) is 0 Å². The lowest BCUT2D eigenvalue weighted by Crippen LogP contribution is -2.47. The molecule has 5 heteroatoms. The third-order valence-electron chi connectivity index (χ3n) is 4.83. The van der Waals surface area contributed by atoms with Gasteiger partial charge in [-0.3, -0.25) is 9.59 Å². The topological polar surface area (TPSA) is 56.4 Å². The van der Waals surface area contributed by atoms with Gasteiger partial charge in [0.2, 0.25) is 5.91 Å². The Morgan fingerprint density at radius 2 is 1.83 bits per heavy atom. The quantitative estimate of drug-likeness (QED) is 0.936. The summed E-state index contributed by atoms with van der Waals surface area (Å²) in [6.07, 6.45) is 0.881. The molecule has 1 aromatic carbocycles. The molecule has 3 rings (SSSR count). The molecule has 0 spiro atoms. The molecule has 0 unspecified atom stereocenters. The van der Waals surface area contributed by atoms with Crippen LogP contribution in [0.15, 0.2) is 23.0 Å². The summed E-state index contributed by atoms with van der Waals surface area (Å²) in [5.41, 5.74) is 3.74. The zero-order valence-electron chi connectivity index (χ0n) is 14.7. The molecule has 2 heterocycles. The average molecular weight is 327 g/mol. The molecule has 1 amide bonds. The molecule has 1 aromatic heterocycles. The van der Waals surface area contributed by atoms with Gasteiger partial charge in [0, 0.05) is 38.2 Å². The Bertz CT molecular complexity index is 817. The van der Waals surface area contributed by atoms with Gasteiger partial charge in [-0.05, 0) is 50.4 Å². The van der Waals surface area contributed by atoms with E-state index in [1.54, 1.807) is 0 Å². The minimum Gasteiger partial charge on any atom is -0.340 e. The van der Waals surface area contributed by atoms with E-state index in [2.05, 4.69) is 29.1 Å². The number of benzene rings is 1. The van der Waals surface area contributed by atoms with Gasteiger partial charge in [-0.15, -0.1) is 0 Å². The van der Waals surface area contributed by atoms with Crippen molar-refractivity contribution < 1.29 is 4.79 Å². The van der Waals surface area contributed by atoms with Crippen LogP contribution in [0, 0.1) is 13.8 Å². The molecule has 0 saturated carbocycles. The maximum Gasteiger partial charge on any atom is 0.251 e. The Hall–Kier alpha value is -2.14. The molecule has 1 aliphatic heterocycles. The lowest BCUT2D eigenvalue weighted by molar-refractivity contribution is -0.132. The summed E-state index contributed by atoms with van der Waals surface area (Å²) in [5.74, 6) is 0.142. The van der Waals surface area contributed by atoms with E-state index >= 15 is 0 Å². The van der Waals surface area contributed by atoms with E-state index in [4.69, 9.17) is 0 Å². The number of aromatic nitrogens is 1. The highest BCUT2D eigenvalue weighted by Gasteiger charge is 2.19. The lowest BCUT2D eigenvalue weighted by atomic mass is 10.0. The van der Waals surface area contributed by atoms with Crippen molar-refractivity contribution in [2.45, 2.75) is 26.7 Å². The number of carbonyl (C=O) groups excluding carboxylic acids is 1. The lowest BCUT2D eigenvalue weighted by Gasteiger charge is -2.32. The normalized spacial score (nSPS) is 15.9. The summed E-state index contributed by atoms with van der Waals surface area (Å²) in [6, 6.07) is 6.07. The van der Waals surface area contributed by atoms with Crippen molar-refractivity contribution in [3.63, 3.8) is 0 Å². The molecule has 0 atom stereocenters. The number of piperazine rings is 1. The van der Waals surface area contributed by atoms with Crippen molar-refractivity contribution in [1.29, 1.82) is 0 Å². The number of carbonyl (C=O) groups is 1. The Balaban J connectivity index is 1.74. The molecule has 0 aliphatic carbocycles. The number of nitrogens with zero attached hydrogens (tertiary/aromatic N) is 2. The largest absolute Gasteiger partial charge is 0.340 e. The number of hydrogen-bond donors (Lipinski definition) is 1. The van der Waals surface area contributed by atoms with E-state index < -0.39 is 0 Å². The summed E-state index contributed by atoms with van der Waals surface area (Å²) in [7, 11) is 2.07. The predicted octanol–water partition coefficient (Wildman–Crippen LogP) is 1.85. The highest BCUT2D eigenvalue weighted by Crippen LogP contribution is 2.18. The van der Waals surface area contributed by atoms with E-state index in [1.807, 2.05) is 24.8 Å². The molecule has 1 aliphatic rings. The van der Waals surface area contributed by atoms with Crippen LogP contribution >= 0.6 is 0 Å². The summed E-state index contributed by atoms with van der Waals surface area (Å²) < 4.78 is 0. The second-order valence-corrected chi connectivity index (χ2v) is 6.85. The maximum absolute atomic E-state index is 12.4. The summed E-state index contributed by atoms with van der Waals surface area (Å²) >= 11 is 0. The van der Waals surface area contributed by atoms with Crippen molar-refractivity contribution in [3.8, 4) is 0 Å². The molecule has 1 saturated heterocycles. The van der Waals surface area contributed by atoms with Gasteiger partial charge in [0.15, 0.2) is 0 Å². The van der Waals surface area contributed by atoms with Gasteiger partial charge in [0.05, 0.1) is 5.52 Å². The van der Waals surface area contributed by atoms with Gasteiger partial charge < -0.3 is 14.8 Å². The molecular formula is C19H25N3O2. The fourth-order valence-corrected chi connectivity index (χ4v) is 3.37. The fraction of sp³-hybridized carbons (Fsp3) is 0.474. The second-order valence-electron chi connectivity index (χ2n) is 6.85. The first-order chi connectivity index (χ1) is 11.4. The van der Waals surface area contributed by atoms with Crippen molar-refractivity contribution >= 4 is 16.8 Å². The molecule has 0 radical (unpaired) electrons. The van der Waals surface area contributed by atoms with E-state index in [0.717, 1.165) is 42.6 Å². The SMILES string of the molecule is Cc1cc(C)c2[nH]c(=O)c(CCC(=O)N3CCN(C)CC3)cc2c1. The van der Waals surface area contributed by atoms with Gasteiger partial charge >= 0.3 is 0 Å². The average Bonchev–Trinajstić information content (AvgIpc) is 2.54. The van der Waals surface area contributed by atoms with Crippen LogP contribution < -0.4 is 5.56 Å². The number of aromatic amines is 1. The summed E-state index contributed by atoms with van der Waals surface area (Å²) in [5, 5.41) is 1.04. The number of aryl methyl sites for hydroxylation is 3. The number of likely N-dealkylation sites (N-methyl/N-ethyl adjacent to an activating group) is 1. The number of nitrogens with one attached hydrogen (secondary N) is 1. The Kier molecular flexibility index (Phi) is 4.71. The van der Waals surface area contributed by atoms with Gasteiger partial charge in [-0.1, -0.05) is 11.6 Å². The number of fused-ring (bicyclic) bond motifs is 1. The first-order valence-corrected chi connectivity index (χ1v) is 8.53. The van der Waals surface area contributed by atoms with Crippen molar-refractivity contribution in [1.82, 2.24) is 14.8 Å². The highest BCUT2D eigenvalue weighted by molar-refractivity contribution is 5.83. The van der Waals surface area contributed by atoms with Crippen molar-refractivity contribution in [2.24, 2.45) is 0 Å². The number of H-pyrrole nitrogens is 1. The Morgan fingerprint density at radius 3 is 2.54 bits per heavy atom. The van der Waals surface area contributed by atoms with E-state index in [1.165, 1.54) is 5.56 Å². The van der Waals surface area contributed by atoms with Gasteiger partial charge in [0.25, 0.3) is 5.56 Å².